The van der Waals surface area contributed by atoms with Crippen LogP contribution < -0.4 is 15.0 Å². The molecule has 0 unspecified atom stereocenters. The number of aryl methyl sites for hydroxylation is 1. The van der Waals surface area contributed by atoms with E-state index >= 15 is 0 Å². The van der Waals surface area contributed by atoms with Crippen LogP contribution in [-0.2, 0) is 33.9 Å². The standard InChI is InChI=1S/C38H45N5O3.C4H8O/c1-4-43-27-29(24-39-43)26-42-19-16-31(23-32-22-30(12-15-36(32)42)35-8-6-7-9-37(35)46-5-2)38(44)40-33-13-10-28(11-14-33)25-41(3)34-17-20-45-21-18-34;1-2-4-5-3-1/h6-15,22-24,27,34H,4-5,16-21,25-26H2,1-3H3,(H,40,44);1-4H2. The maximum atomic E-state index is 13.7. The van der Waals surface area contributed by atoms with E-state index in [1.54, 1.807) is 0 Å². The minimum absolute atomic E-state index is 0.0706. The molecule has 270 valence electrons. The first kappa shape index (κ1) is 36.4. The van der Waals surface area contributed by atoms with E-state index < -0.39 is 0 Å². The van der Waals surface area contributed by atoms with Crippen molar-refractivity contribution >= 4 is 23.4 Å². The highest BCUT2D eigenvalue weighted by Crippen LogP contribution is 2.36. The van der Waals surface area contributed by atoms with Gasteiger partial charge in [-0.1, -0.05) is 36.4 Å². The van der Waals surface area contributed by atoms with Gasteiger partial charge in [-0.15, -0.1) is 0 Å². The van der Waals surface area contributed by atoms with Gasteiger partial charge < -0.3 is 24.4 Å². The maximum Gasteiger partial charge on any atom is 0.251 e. The number of amides is 1. The summed E-state index contributed by atoms with van der Waals surface area (Å²) in [6, 6.07) is 23.4. The number of carbonyl (C=O) groups is 1. The molecule has 2 saturated heterocycles. The van der Waals surface area contributed by atoms with Crippen molar-refractivity contribution in [3.8, 4) is 16.9 Å². The van der Waals surface area contributed by atoms with Crippen molar-refractivity contribution in [2.75, 3.05) is 56.8 Å². The molecule has 0 spiro atoms. The van der Waals surface area contributed by atoms with E-state index in [0.29, 0.717) is 25.6 Å². The van der Waals surface area contributed by atoms with Crippen molar-refractivity contribution in [2.24, 2.45) is 0 Å². The Morgan fingerprint density at radius 1 is 0.961 bits per heavy atom. The van der Waals surface area contributed by atoms with Crippen LogP contribution >= 0.6 is 0 Å². The lowest BCUT2D eigenvalue weighted by Crippen LogP contribution is -2.36. The van der Waals surface area contributed by atoms with Gasteiger partial charge in [0.2, 0.25) is 0 Å². The van der Waals surface area contributed by atoms with Crippen LogP contribution in [0.3, 0.4) is 0 Å². The Kier molecular flexibility index (Phi) is 13.0. The largest absolute Gasteiger partial charge is 0.493 e. The fourth-order valence-electron chi connectivity index (χ4n) is 6.93. The summed E-state index contributed by atoms with van der Waals surface area (Å²) in [7, 11) is 2.18. The van der Waals surface area contributed by atoms with Gasteiger partial charge in [0, 0.05) is 92.9 Å². The Balaban J connectivity index is 0.000000825. The Hall–Kier alpha value is -4.44. The number of aromatic nitrogens is 2. The van der Waals surface area contributed by atoms with E-state index in [2.05, 4.69) is 82.9 Å². The molecule has 2 fully saturated rings. The van der Waals surface area contributed by atoms with Crippen LogP contribution in [0.2, 0.25) is 0 Å². The predicted molar refractivity (Wildman–Crippen MR) is 205 cm³/mol. The molecular formula is C42H53N5O4. The third-order valence-corrected chi connectivity index (χ3v) is 9.81. The van der Waals surface area contributed by atoms with Gasteiger partial charge in [-0.3, -0.25) is 14.4 Å². The number of para-hydroxylation sites is 1. The molecule has 0 bridgehead atoms. The average molecular weight is 692 g/mol. The third-order valence-electron chi connectivity index (χ3n) is 9.81. The van der Waals surface area contributed by atoms with E-state index in [9.17, 15) is 4.79 Å². The van der Waals surface area contributed by atoms with Crippen LogP contribution in [0.1, 0.15) is 62.6 Å². The summed E-state index contributed by atoms with van der Waals surface area (Å²) in [6.45, 7) is 11.5. The van der Waals surface area contributed by atoms with Crippen LogP contribution in [0, 0.1) is 0 Å². The Morgan fingerprint density at radius 3 is 2.43 bits per heavy atom. The van der Waals surface area contributed by atoms with Gasteiger partial charge in [-0.2, -0.15) is 5.10 Å². The molecule has 0 aliphatic carbocycles. The predicted octanol–water partition coefficient (Wildman–Crippen LogP) is 7.81. The van der Waals surface area contributed by atoms with Crippen molar-refractivity contribution in [1.29, 1.82) is 0 Å². The molecule has 4 aromatic rings. The normalized spacial score (nSPS) is 16.2. The summed E-state index contributed by atoms with van der Waals surface area (Å²) in [5.41, 5.74) is 8.14. The first-order valence-electron chi connectivity index (χ1n) is 18.6. The van der Waals surface area contributed by atoms with E-state index in [-0.39, 0.29) is 5.91 Å². The molecule has 3 aliphatic rings. The molecule has 3 aromatic carbocycles. The Morgan fingerprint density at radius 2 is 1.73 bits per heavy atom. The van der Waals surface area contributed by atoms with Crippen molar-refractivity contribution < 1.29 is 19.0 Å². The van der Waals surface area contributed by atoms with Gasteiger partial charge in [-0.25, -0.2) is 0 Å². The summed E-state index contributed by atoms with van der Waals surface area (Å²) in [4.78, 5) is 18.5. The maximum absolute atomic E-state index is 13.7. The van der Waals surface area contributed by atoms with Crippen molar-refractivity contribution in [2.45, 2.75) is 71.6 Å². The number of anilines is 2. The number of hydrogen-bond donors (Lipinski definition) is 1. The number of nitrogens with zero attached hydrogens (tertiary/aromatic N) is 4. The minimum atomic E-state index is -0.0706. The van der Waals surface area contributed by atoms with Gasteiger partial charge in [0.1, 0.15) is 5.75 Å². The van der Waals surface area contributed by atoms with Crippen molar-refractivity contribution in [3.05, 3.63) is 101 Å². The fourth-order valence-corrected chi connectivity index (χ4v) is 6.93. The molecule has 1 amide bonds. The summed E-state index contributed by atoms with van der Waals surface area (Å²) < 4.78 is 18.4. The van der Waals surface area contributed by atoms with E-state index in [0.717, 1.165) is 104 Å². The van der Waals surface area contributed by atoms with Crippen LogP contribution in [0.5, 0.6) is 5.75 Å². The SMILES string of the molecule is C1CCOC1.CCOc1ccccc1-c1ccc2c(c1)C=C(C(=O)Nc1ccc(CN(C)C3CCOCC3)cc1)CCN2Cc1cnn(CC)c1. The molecule has 0 atom stereocenters. The zero-order valence-electron chi connectivity index (χ0n) is 30.5. The summed E-state index contributed by atoms with van der Waals surface area (Å²) in [5.74, 6) is 0.783. The zero-order chi connectivity index (χ0) is 35.4. The lowest BCUT2D eigenvalue weighted by molar-refractivity contribution is -0.112. The molecule has 3 aliphatic heterocycles. The second-order valence-corrected chi connectivity index (χ2v) is 13.5. The summed E-state index contributed by atoms with van der Waals surface area (Å²) >= 11 is 0. The smallest absolute Gasteiger partial charge is 0.251 e. The molecule has 9 heteroatoms. The number of nitrogens with one attached hydrogen (secondary N) is 1. The van der Waals surface area contributed by atoms with Gasteiger partial charge >= 0.3 is 0 Å². The van der Waals surface area contributed by atoms with Gasteiger partial charge in [0.15, 0.2) is 0 Å². The first-order chi connectivity index (χ1) is 25.0. The molecular weight excluding hydrogens is 638 g/mol. The second kappa shape index (κ2) is 18.2. The molecule has 4 heterocycles. The Bertz CT molecular complexity index is 1730. The Labute approximate surface area is 303 Å². The summed E-state index contributed by atoms with van der Waals surface area (Å²) in [5, 5.41) is 7.66. The molecule has 0 saturated carbocycles. The lowest BCUT2D eigenvalue weighted by Gasteiger charge is -2.31. The lowest BCUT2D eigenvalue weighted by atomic mass is 9.99. The van der Waals surface area contributed by atoms with E-state index in [1.807, 2.05) is 48.1 Å². The number of fused-ring (bicyclic) bond motifs is 1. The molecule has 1 N–H and O–H groups in total. The summed E-state index contributed by atoms with van der Waals surface area (Å²) in [6.07, 6.45) is 11.4. The quantitative estimate of drug-likeness (QED) is 0.172. The molecule has 7 rings (SSSR count). The van der Waals surface area contributed by atoms with Gasteiger partial charge in [0.05, 0.1) is 12.8 Å². The highest BCUT2D eigenvalue weighted by Gasteiger charge is 2.22. The van der Waals surface area contributed by atoms with Crippen LogP contribution in [0.4, 0.5) is 11.4 Å². The van der Waals surface area contributed by atoms with E-state index in [1.165, 1.54) is 18.4 Å². The highest BCUT2D eigenvalue weighted by atomic mass is 16.5. The average Bonchev–Trinajstić information content (AvgIpc) is 3.87. The zero-order valence-corrected chi connectivity index (χ0v) is 30.5. The van der Waals surface area contributed by atoms with Crippen LogP contribution in [0.25, 0.3) is 17.2 Å². The second-order valence-electron chi connectivity index (χ2n) is 13.5. The minimum Gasteiger partial charge on any atom is -0.493 e. The number of carbonyl (C=O) groups excluding carboxylic acids is 1. The monoisotopic (exact) mass is 691 g/mol. The van der Waals surface area contributed by atoms with Gasteiger partial charge in [0.25, 0.3) is 5.91 Å². The van der Waals surface area contributed by atoms with Crippen LogP contribution in [0.15, 0.2) is 84.7 Å². The van der Waals surface area contributed by atoms with Crippen molar-refractivity contribution in [3.63, 3.8) is 0 Å². The van der Waals surface area contributed by atoms with Crippen LogP contribution in [-0.4, -0.2) is 73.3 Å². The number of hydrogen-bond acceptors (Lipinski definition) is 7. The highest BCUT2D eigenvalue weighted by molar-refractivity contribution is 6.07. The number of benzene rings is 3. The molecule has 1 aromatic heterocycles. The third kappa shape index (κ3) is 9.88. The molecule has 9 nitrogen and oxygen atoms in total. The number of ether oxygens (including phenoxy) is 3. The van der Waals surface area contributed by atoms with Gasteiger partial charge in [-0.05, 0) is 106 Å². The fraction of sp³-hybridized carbons (Fsp3) is 0.429. The number of rotatable bonds is 11. The topological polar surface area (TPSA) is 81.1 Å². The van der Waals surface area contributed by atoms with Crippen molar-refractivity contribution in [1.82, 2.24) is 14.7 Å². The molecule has 0 radical (unpaired) electrons. The molecule has 51 heavy (non-hydrogen) atoms. The van der Waals surface area contributed by atoms with E-state index in [4.69, 9.17) is 14.2 Å². The first-order valence-corrected chi connectivity index (χ1v) is 18.6.